The highest BCUT2D eigenvalue weighted by Gasteiger charge is 2.37. The van der Waals surface area contributed by atoms with Crippen molar-refractivity contribution < 1.29 is 18.9 Å². The Balaban J connectivity index is 0.921. The second-order valence-corrected chi connectivity index (χ2v) is 17.8. The van der Waals surface area contributed by atoms with Gasteiger partial charge in [-0.25, -0.2) is 0 Å². The van der Waals surface area contributed by atoms with Crippen LogP contribution in [-0.2, 0) is 32.2 Å². The molecule has 10 rings (SSSR count). The van der Waals surface area contributed by atoms with Gasteiger partial charge in [-0.2, -0.15) is 0 Å². The van der Waals surface area contributed by atoms with Crippen LogP contribution in [0, 0.1) is 10.8 Å². The molecular formula is C58H56N2O4. The van der Waals surface area contributed by atoms with Gasteiger partial charge in [-0.3, -0.25) is 0 Å². The molecule has 0 saturated carbocycles. The second kappa shape index (κ2) is 18.4. The van der Waals surface area contributed by atoms with Crippen molar-refractivity contribution >= 4 is 55.7 Å². The van der Waals surface area contributed by atoms with E-state index in [1.54, 1.807) is 0 Å². The van der Waals surface area contributed by atoms with Crippen molar-refractivity contribution in [2.24, 2.45) is 10.8 Å². The third-order valence-electron chi connectivity index (χ3n) is 13.5. The van der Waals surface area contributed by atoms with Gasteiger partial charge >= 0.3 is 0 Å². The van der Waals surface area contributed by atoms with E-state index in [0.717, 1.165) is 109 Å². The summed E-state index contributed by atoms with van der Waals surface area (Å²) >= 11 is 0. The number of hydrogen-bond donors (Lipinski definition) is 0. The quantitative estimate of drug-likeness (QED) is 0.0910. The van der Waals surface area contributed by atoms with Crippen LogP contribution in [0.15, 0.2) is 182 Å². The van der Waals surface area contributed by atoms with E-state index in [1.807, 2.05) is 0 Å². The van der Waals surface area contributed by atoms with E-state index in [2.05, 4.69) is 206 Å². The zero-order valence-electron chi connectivity index (χ0n) is 36.9. The Morgan fingerprint density at radius 1 is 0.406 bits per heavy atom. The molecule has 8 aromatic carbocycles. The van der Waals surface area contributed by atoms with Crippen molar-refractivity contribution in [1.82, 2.24) is 0 Å². The molecule has 0 aromatic heterocycles. The van der Waals surface area contributed by atoms with Gasteiger partial charge in [0.25, 0.3) is 0 Å². The van der Waals surface area contributed by atoms with Crippen molar-refractivity contribution in [1.29, 1.82) is 0 Å². The minimum Gasteiger partial charge on any atom is -0.380 e. The molecule has 0 atom stereocenters. The van der Waals surface area contributed by atoms with E-state index >= 15 is 0 Å². The van der Waals surface area contributed by atoms with Crippen molar-refractivity contribution in [2.75, 3.05) is 49.4 Å². The number of fused-ring (bicyclic) bond motifs is 2. The van der Waals surface area contributed by atoms with Gasteiger partial charge in [0.05, 0.1) is 64.2 Å². The Morgan fingerprint density at radius 2 is 0.750 bits per heavy atom. The van der Waals surface area contributed by atoms with E-state index in [1.165, 1.54) is 21.5 Å². The first-order valence-corrected chi connectivity index (χ1v) is 22.8. The van der Waals surface area contributed by atoms with Crippen LogP contribution in [0.3, 0.4) is 0 Å². The minimum atomic E-state index is 0.171. The van der Waals surface area contributed by atoms with Crippen LogP contribution < -0.4 is 9.80 Å². The summed E-state index contributed by atoms with van der Waals surface area (Å²) in [5.74, 6) is 0. The molecule has 2 aliphatic heterocycles. The fourth-order valence-electron chi connectivity index (χ4n) is 9.08. The Bertz CT molecular complexity index is 2590. The molecule has 6 heteroatoms. The lowest BCUT2D eigenvalue weighted by Gasteiger charge is -2.40. The number of nitrogens with zero attached hydrogens (tertiary/aromatic N) is 2. The number of anilines is 6. The molecule has 8 aromatic rings. The largest absolute Gasteiger partial charge is 0.380 e. The molecule has 0 radical (unpaired) electrons. The maximum absolute atomic E-state index is 6.21. The average molecular weight is 845 g/mol. The van der Waals surface area contributed by atoms with Crippen LogP contribution >= 0.6 is 0 Å². The maximum atomic E-state index is 6.21. The zero-order valence-corrected chi connectivity index (χ0v) is 36.9. The average Bonchev–Trinajstić information content (AvgIpc) is 3.32. The van der Waals surface area contributed by atoms with E-state index in [0.29, 0.717) is 13.2 Å². The highest BCUT2D eigenvalue weighted by Crippen LogP contribution is 2.42. The first-order chi connectivity index (χ1) is 31.5. The van der Waals surface area contributed by atoms with Crippen molar-refractivity contribution in [3.05, 3.63) is 193 Å². The summed E-state index contributed by atoms with van der Waals surface area (Å²) in [6, 6.07) is 65.9. The molecule has 2 heterocycles. The van der Waals surface area contributed by atoms with Gasteiger partial charge in [0.2, 0.25) is 0 Å². The minimum absolute atomic E-state index is 0.171. The lowest BCUT2D eigenvalue weighted by atomic mass is 9.84. The third-order valence-corrected chi connectivity index (χ3v) is 13.5. The standard InChI is InChI=1S/C58H56N2O4/c1-3-57(39-63-40-57)37-61-35-43-19-27-49(28-20-43)59(55-17-9-13-47-11-5-7-15-53(47)55)51-31-23-45(24-32-51)46-25-33-52(34-26-46)60(56-18-10-14-48-12-6-8-16-54(48)56)50-29-21-44(22-30-50)36-62-38-58(4-2)41-64-42-58/h5-34H,3-4,35-42H2,1-2H3. The topological polar surface area (TPSA) is 43.4 Å². The van der Waals surface area contributed by atoms with Gasteiger partial charge in [0.1, 0.15) is 0 Å². The Kier molecular flexibility index (Phi) is 12.0. The SMILES string of the molecule is CCC1(COCc2ccc(N(c3ccc(-c4ccc(N(c5ccc(COCC6(CC)COC6)cc5)c5cccc6ccccc56)cc4)cc3)c3cccc4ccccc34)cc2)COC1. The molecular weight excluding hydrogens is 789 g/mol. The highest BCUT2D eigenvalue weighted by molar-refractivity contribution is 6.00. The lowest BCUT2D eigenvalue weighted by Crippen LogP contribution is -2.45. The van der Waals surface area contributed by atoms with E-state index < -0.39 is 0 Å². The van der Waals surface area contributed by atoms with Crippen molar-refractivity contribution in [2.45, 2.75) is 39.9 Å². The molecule has 2 aliphatic rings. The van der Waals surface area contributed by atoms with Gasteiger partial charge in [-0.15, -0.1) is 0 Å². The van der Waals surface area contributed by atoms with Gasteiger partial charge in [-0.05, 0) is 107 Å². The van der Waals surface area contributed by atoms with Gasteiger partial charge in [0, 0.05) is 44.4 Å². The molecule has 0 amide bonds. The summed E-state index contributed by atoms with van der Waals surface area (Å²) in [6.07, 6.45) is 2.15. The molecule has 2 fully saturated rings. The molecule has 0 bridgehead atoms. The fraction of sp³-hybridized carbons (Fsp3) is 0.241. The predicted octanol–water partition coefficient (Wildman–Crippen LogP) is 14.5. The zero-order chi connectivity index (χ0) is 43.4. The van der Waals surface area contributed by atoms with Crippen LogP contribution in [0.4, 0.5) is 34.1 Å². The number of hydrogen-bond acceptors (Lipinski definition) is 6. The van der Waals surface area contributed by atoms with Crippen molar-refractivity contribution in [3.63, 3.8) is 0 Å². The Morgan fingerprint density at radius 3 is 1.09 bits per heavy atom. The molecule has 0 N–H and O–H groups in total. The summed E-state index contributed by atoms with van der Waals surface area (Å²) in [4.78, 5) is 4.73. The second-order valence-electron chi connectivity index (χ2n) is 17.8. The Hall–Kier alpha value is -6.28. The predicted molar refractivity (Wildman–Crippen MR) is 263 cm³/mol. The molecule has 6 nitrogen and oxygen atoms in total. The molecule has 2 saturated heterocycles. The molecule has 0 aliphatic carbocycles. The summed E-state index contributed by atoms with van der Waals surface area (Å²) in [7, 11) is 0. The molecule has 64 heavy (non-hydrogen) atoms. The van der Waals surface area contributed by atoms with E-state index in [9.17, 15) is 0 Å². The number of benzene rings is 8. The number of rotatable bonds is 17. The van der Waals surface area contributed by atoms with E-state index in [-0.39, 0.29) is 10.8 Å². The Labute approximate surface area is 377 Å². The molecule has 0 unspecified atom stereocenters. The number of ether oxygens (including phenoxy) is 4. The summed E-state index contributed by atoms with van der Waals surface area (Å²) in [5, 5.41) is 4.82. The van der Waals surface area contributed by atoms with E-state index in [4.69, 9.17) is 18.9 Å². The highest BCUT2D eigenvalue weighted by atomic mass is 16.5. The van der Waals surface area contributed by atoms with Crippen LogP contribution in [0.1, 0.15) is 37.8 Å². The lowest BCUT2D eigenvalue weighted by molar-refractivity contribution is -0.152. The molecule has 0 spiro atoms. The summed E-state index contributed by atoms with van der Waals surface area (Å²) < 4.78 is 23.4. The summed E-state index contributed by atoms with van der Waals surface area (Å²) in [5.41, 5.74) is 11.6. The van der Waals surface area contributed by atoms with Crippen LogP contribution in [-0.4, -0.2) is 39.6 Å². The first-order valence-electron chi connectivity index (χ1n) is 22.8. The molecule has 322 valence electrons. The first kappa shape index (κ1) is 41.7. The van der Waals surface area contributed by atoms with Crippen molar-refractivity contribution in [3.8, 4) is 11.1 Å². The monoisotopic (exact) mass is 844 g/mol. The van der Waals surface area contributed by atoms with Gasteiger partial charge in [-0.1, -0.05) is 135 Å². The summed E-state index contributed by atoms with van der Waals surface area (Å²) in [6.45, 7) is 10.2. The van der Waals surface area contributed by atoms with Crippen LogP contribution in [0.2, 0.25) is 0 Å². The normalized spacial score (nSPS) is 15.1. The van der Waals surface area contributed by atoms with Crippen LogP contribution in [0.25, 0.3) is 32.7 Å². The smallest absolute Gasteiger partial charge is 0.0717 e. The maximum Gasteiger partial charge on any atom is 0.0717 e. The van der Waals surface area contributed by atoms with Gasteiger partial charge in [0.15, 0.2) is 0 Å². The van der Waals surface area contributed by atoms with Crippen LogP contribution in [0.5, 0.6) is 0 Å². The van der Waals surface area contributed by atoms with Gasteiger partial charge < -0.3 is 28.7 Å². The fourth-order valence-corrected chi connectivity index (χ4v) is 9.08. The third kappa shape index (κ3) is 8.55.